The number of carbonyl (C=O) groups is 1. The molecule has 0 bridgehead atoms. The van der Waals surface area contributed by atoms with Gasteiger partial charge in [-0.15, -0.1) is 0 Å². The first kappa shape index (κ1) is 17.8. The molecule has 0 saturated carbocycles. The molecule has 0 N–H and O–H groups in total. The summed E-state index contributed by atoms with van der Waals surface area (Å²) in [7, 11) is 3.22. The normalized spacial score (nSPS) is 11.2. The topological polar surface area (TPSA) is 29.5 Å². The van der Waals surface area contributed by atoms with Gasteiger partial charge in [-0.2, -0.15) is 13.2 Å². The summed E-state index contributed by atoms with van der Waals surface area (Å²) in [6, 6.07) is 11.8. The Morgan fingerprint density at radius 1 is 1.04 bits per heavy atom. The number of likely N-dealkylation sites (N-methyl/N-ethyl adjacent to an activating group) is 1. The van der Waals surface area contributed by atoms with Gasteiger partial charge in [0.1, 0.15) is 5.75 Å². The lowest BCUT2D eigenvalue weighted by atomic mass is 10.1. The number of hydrogen-bond donors (Lipinski definition) is 0. The smallest absolute Gasteiger partial charge is 0.416 e. The van der Waals surface area contributed by atoms with Crippen molar-refractivity contribution in [1.29, 1.82) is 0 Å². The van der Waals surface area contributed by atoms with Gasteiger partial charge in [0.25, 0.3) is 5.91 Å². The molecule has 0 atom stereocenters. The van der Waals surface area contributed by atoms with E-state index in [1.165, 1.54) is 17.0 Å². The van der Waals surface area contributed by atoms with Gasteiger partial charge >= 0.3 is 6.18 Å². The fourth-order valence-corrected chi connectivity index (χ4v) is 2.21. The van der Waals surface area contributed by atoms with Crippen molar-refractivity contribution in [2.45, 2.75) is 12.6 Å². The monoisotopic (exact) mass is 337 g/mol. The lowest BCUT2D eigenvalue weighted by Crippen LogP contribution is -2.28. The Kier molecular flexibility index (Phi) is 5.49. The van der Waals surface area contributed by atoms with Crippen LogP contribution in [0.3, 0.4) is 0 Å². The average Bonchev–Trinajstić information content (AvgIpc) is 2.58. The molecule has 24 heavy (non-hydrogen) atoms. The minimum Gasteiger partial charge on any atom is -0.497 e. The van der Waals surface area contributed by atoms with Crippen LogP contribution < -0.4 is 4.74 Å². The molecule has 0 radical (unpaired) electrons. The predicted octanol–water partition coefficient (Wildman–Crippen LogP) is 4.03. The maximum Gasteiger partial charge on any atom is 0.416 e. The zero-order valence-corrected chi connectivity index (χ0v) is 13.4. The van der Waals surface area contributed by atoms with E-state index in [0.29, 0.717) is 13.0 Å². The van der Waals surface area contributed by atoms with Crippen LogP contribution in [0.4, 0.5) is 13.2 Å². The fourth-order valence-electron chi connectivity index (χ4n) is 2.21. The van der Waals surface area contributed by atoms with Crippen molar-refractivity contribution in [2.24, 2.45) is 0 Å². The summed E-state index contributed by atoms with van der Waals surface area (Å²) in [6.45, 7) is 0.464. The molecule has 0 saturated heterocycles. The van der Waals surface area contributed by atoms with Crippen molar-refractivity contribution < 1.29 is 22.7 Å². The zero-order valence-electron chi connectivity index (χ0n) is 13.4. The second-order valence-electron chi connectivity index (χ2n) is 5.40. The van der Waals surface area contributed by atoms with E-state index in [1.54, 1.807) is 14.2 Å². The maximum absolute atomic E-state index is 12.5. The van der Waals surface area contributed by atoms with E-state index < -0.39 is 11.7 Å². The number of rotatable bonds is 5. The Hall–Kier alpha value is -2.50. The molecule has 0 unspecified atom stereocenters. The molecule has 6 heteroatoms. The van der Waals surface area contributed by atoms with Crippen LogP contribution in [0.25, 0.3) is 0 Å². The zero-order chi connectivity index (χ0) is 17.7. The van der Waals surface area contributed by atoms with Gasteiger partial charge in [0.05, 0.1) is 12.7 Å². The van der Waals surface area contributed by atoms with Gasteiger partial charge in [0, 0.05) is 19.2 Å². The van der Waals surface area contributed by atoms with Crippen LogP contribution in [0.2, 0.25) is 0 Å². The van der Waals surface area contributed by atoms with Crippen LogP contribution in [0, 0.1) is 0 Å². The van der Waals surface area contributed by atoms with E-state index in [1.807, 2.05) is 24.3 Å². The number of carbonyl (C=O) groups excluding carboxylic acids is 1. The number of halogens is 3. The number of alkyl halides is 3. The van der Waals surface area contributed by atoms with E-state index in [-0.39, 0.29) is 11.5 Å². The predicted molar refractivity (Wildman–Crippen MR) is 85.1 cm³/mol. The number of methoxy groups -OCH3 is 1. The number of hydrogen-bond acceptors (Lipinski definition) is 2. The van der Waals surface area contributed by atoms with E-state index in [2.05, 4.69) is 0 Å². The molecule has 0 aliphatic carbocycles. The first-order valence-corrected chi connectivity index (χ1v) is 7.37. The molecular formula is C18H18F3NO2. The number of benzene rings is 2. The van der Waals surface area contributed by atoms with Crippen LogP contribution in [0.5, 0.6) is 5.75 Å². The summed E-state index contributed by atoms with van der Waals surface area (Å²) < 4.78 is 42.7. The summed E-state index contributed by atoms with van der Waals surface area (Å²) in [5, 5.41) is 0. The van der Waals surface area contributed by atoms with Gasteiger partial charge in [-0.05, 0) is 48.4 Å². The molecule has 0 fully saturated rings. The van der Waals surface area contributed by atoms with Crippen molar-refractivity contribution in [3.05, 3.63) is 65.2 Å². The molecule has 1 amide bonds. The Morgan fingerprint density at radius 3 is 2.12 bits per heavy atom. The quantitative estimate of drug-likeness (QED) is 0.824. The highest BCUT2D eigenvalue weighted by atomic mass is 19.4. The molecule has 3 nitrogen and oxygen atoms in total. The third kappa shape index (κ3) is 4.50. The van der Waals surface area contributed by atoms with Crippen LogP contribution in [0.15, 0.2) is 48.5 Å². The highest BCUT2D eigenvalue weighted by molar-refractivity contribution is 5.94. The van der Waals surface area contributed by atoms with Crippen molar-refractivity contribution >= 4 is 5.91 Å². The van der Waals surface area contributed by atoms with E-state index in [9.17, 15) is 18.0 Å². The highest BCUT2D eigenvalue weighted by Crippen LogP contribution is 2.29. The summed E-state index contributed by atoms with van der Waals surface area (Å²) >= 11 is 0. The lowest BCUT2D eigenvalue weighted by Gasteiger charge is -2.17. The van der Waals surface area contributed by atoms with Crippen LogP contribution in [0.1, 0.15) is 21.5 Å². The summed E-state index contributed by atoms with van der Waals surface area (Å²) in [5.74, 6) is 0.449. The van der Waals surface area contributed by atoms with Gasteiger partial charge in [0.15, 0.2) is 0 Å². The van der Waals surface area contributed by atoms with Gasteiger partial charge < -0.3 is 9.64 Å². The van der Waals surface area contributed by atoms with Crippen LogP contribution in [-0.4, -0.2) is 31.5 Å². The van der Waals surface area contributed by atoms with E-state index in [4.69, 9.17) is 4.74 Å². The SMILES string of the molecule is COc1ccc(CCN(C)C(=O)c2ccc(C(F)(F)F)cc2)cc1. The summed E-state index contributed by atoms with van der Waals surface area (Å²) in [6.07, 6.45) is -3.76. The Balaban J connectivity index is 1.96. The Morgan fingerprint density at radius 2 is 1.62 bits per heavy atom. The van der Waals surface area contributed by atoms with Gasteiger partial charge in [-0.3, -0.25) is 4.79 Å². The number of ether oxygens (including phenoxy) is 1. The van der Waals surface area contributed by atoms with Crippen molar-refractivity contribution in [3.63, 3.8) is 0 Å². The highest BCUT2D eigenvalue weighted by Gasteiger charge is 2.30. The second-order valence-corrected chi connectivity index (χ2v) is 5.40. The molecule has 2 aromatic rings. The minimum absolute atomic E-state index is 0.236. The first-order chi connectivity index (χ1) is 11.3. The molecule has 0 aromatic heterocycles. The van der Waals surface area contributed by atoms with Crippen molar-refractivity contribution in [2.75, 3.05) is 20.7 Å². The third-order valence-electron chi connectivity index (χ3n) is 3.70. The van der Waals surface area contributed by atoms with Crippen molar-refractivity contribution in [1.82, 2.24) is 4.90 Å². The molecule has 0 spiro atoms. The van der Waals surface area contributed by atoms with E-state index in [0.717, 1.165) is 23.4 Å². The Bertz CT molecular complexity index is 679. The minimum atomic E-state index is -4.40. The molecule has 2 rings (SSSR count). The molecular weight excluding hydrogens is 319 g/mol. The first-order valence-electron chi connectivity index (χ1n) is 7.37. The molecule has 0 aliphatic rings. The average molecular weight is 337 g/mol. The maximum atomic E-state index is 12.5. The largest absolute Gasteiger partial charge is 0.497 e. The number of nitrogens with zero attached hydrogens (tertiary/aromatic N) is 1. The van der Waals surface area contributed by atoms with E-state index >= 15 is 0 Å². The van der Waals surface area contributed by atoms with Gasteiger partial charge in [0.2, 0.25) is 0 Å². The summed E-state index contributed by atoms with van der Waals surface area (Å²) in [4.78, 5) is 13.7. The van der Waals surface area contributed by atoms with Gasteiger partial charge in [-0.25, -0.2) is 0 Å². The van der Waals surface area contributed by atoms with Crippen LogP contribution in [-0.2, 0) is 12.6 Å². The van der Waals surface area contributed by atoms with Crippen LogP contribution >= 0.6 is 0 Å². The third-order valence-corrected chi connectivity index (χ3v) is 3.70. The molecule has 2 aromatic carbocycles. The molecule has 128 valence electrons. The summed E-state index contributed by atoms with van der Waals surface area (Å²) in [5.41, 5.74) is 0.517. The second kappa shape index (κ2) is 7.38. The van der Waals surface area contributed by atoms with Gasteiger partial charge in [-0.1, -0.05) is 12.1 Å². The molecule has 0 aliphatic heterocycles. The fraction of sp³-hybridized carbons (Fsp3) is 0.278. The number of amides is 1. The Labute approximate surface area is 138 Å². The standard InChI is InChI=1S/C18H18F3NO2/c1-22(12-11-13-3-9-16(24-2)10-4-13)17(23)14-5-7-15(8-6-14)18(19,20)21/h3-10H,11-12H2,1-2H3. The lowest BCUT2D eigenvalue weighted by molar-refractivity contribution is -0.137. The molecule has 0 heterocycles. The van der Waals surface area contributed by atoms with Crippen molar-refractivity contribution in [3.8, 4) is 5.75 Å².